The van der Waals surface area contributed by atoms with Gasteiger partial charge in [0.15, 0.2) is 0 Å². The number of carbonyl (C=O) groups is 1. The monoisotopic (exact) mass is 172 g/mol. The van der Waals surface area contributed by atoms with Gasteiger partial charge in [-0.05, 0) is 13.8 Å². The van der Waals surface area contributed by atoms with Gasteiger partial charge in [0.25, 0.3) is 0 Å². The van der Waals surface area contributed by atoms with Gasteiger partial charge in [-0.15, -0.1) is 0 Å². The molecule has 0 fully saturated rings. The molecule has 0 aromatic carbocycles. The van der Waals surface area contributed by atoms with Crippen molar-refractivity contribution in [1.82, 2.24) is 4.90 Å². The van der Waals surface area contributed by atoms with E-state index in [4.69, 9.17) is 15.5 Å². The van der Waals surface area contributed by atoms with E-state index in [9.17, 15) is 4.79 Å². The number of aliphatic hydroxyl groups is 2. The molecule has 2 unspecified atom stereocenters. The molecular weight excluding hydrogens is 160 g/mol. The highest BCUT2D eigenvalue weighted by Gasteiger charge is 2.21. The molecular formula is C7H12N2O3. The Balaban J connectivity index is 4.32. The molecule has 0 heterocycles. The zero-order chi connectivity index (χ0) is 9.72. The molecule has 0 spiro atoms. The van der Waals surface area contributed by atoms with Crippen LogP contribution in [0, 0.1) is 11.3 Å². The van der Waals surface area contributed by atoms with Crippen LogP contribution in [0.3, 0.4) is 0 Å². The van der Waals surface area contributed by atoms with Crippen LogP contribution in [-0.4, -0.2) is 33.5 Å². The van der Waals surface area contributed by atoms with Crippen LogP contribution in [0.15, 0.2) is 0 Å². The molecule has 0 saturated carbocycles. The summed E-state index contributed by atoms with van der Waals surface area (Å²) < 4.78 is 0. The number of rotatable bonds is 3. The minimum Gasteiger partial charge on any atom is -0.374 e. The first-order chi connectivity index (χ1) is 5.50. The molecule has 0 aliphatic heterocycles. The fourth-order valence-corrected chi connectivity index (χ4v) is 0.888. The Bertz CT molecular complexity index is 187. The van der Waals surface area contributed by atoms with Gasteiger partial charge in [0.1, 0.15) is 18.9 Å². The van der Waals surface area contributed by atoms with E-state index < -0.39 is 18.4 Å². The van der Waals surface area contributed by atoms with Crippen molar-refractivity contribution >= 4 is 5.91 Å². The number of hydrogen-bond acceptors (Lipinski definition) is 4. The number of nitriles is 1. The molecule has 12 heavy (non-hydrogen) atoms. The molecule has 1 amide bonds. The molecule has 2 atom stereocenters. The summed E-state index contributed by atoms with van der Waals surface area (Å²) in [6.07, 6.45) is -2.49. The van der Waals surface area contributed by atoms with Crippen molar-refractivity contribution in [2.45, 2.75) is 32.7 Å². The predicted molar refractivity (Wildman–Crippen MR) is 40.4 cm³/mol. The summed E-state index contributed by atoms with van der Waals surface area (Å²) >= 11 is 0. The fraction of sp³-hybridized carbons (Fsp3) is 0.714. The van der Waals surface area contributed by atoms with Gasteiger partial charge in [0.05, 0.1) is 6.07 Å². The van der Waals surface area contributed by atoms with E-state index in [0.29, 0.717) is 0 Å². The lowest BCUT2D eigenvalue weighted by Crippen LogP contribution is -2.44. The fourth-order valence-electron chi connectivity index (χ4n) is 0.888. The Morgan fingerprint density at radius 1 is 1.50 bits per heavy atom. The Hall–Kier alpha value is -1.12. The second kappa shape index (κ2) is 4.70. The van der Waals surface area contributed by atoms with Gasteiger partial charge in [0.2, 0.25) is 5.91 Å². The molecule has 5 nitrogen and oxygen atoms in total. The van der Waals surface area contributed by atoms with E-state index in [1.54, 1.807) is 6.07 Å². The van der Waals surface area contributed by atoms with Gasteiger partial charge in [-0.1, -0.05) is 0 Å². The van der Waals surface area contributed by atoms with Gasteiger partial charge < -0.3 is 10.2 Å². The SMILES string of the molecule is CC(O)N(C(=O)CC#N)C(C)O. The first-order valence-corrected chi connectivity index (χ1v) is 3.55. The highest BCUT2D eigenvalue weighted by molar-refractivity contribution is 5.78. The normalized spacial score (nSPS) is 14.6. The first kappa shape index (κ1) is 10.9. The molecule has 0 aromatic rings. The van der Waals surface area contributed by atoms with Crippen LogP contribution >= 0.6 is 0 Å². The van der Waals surface area contributed by atoms with E-state index >= 15 is 0 Å². The zero-order valence-corrected chi connectivity index (χ0v) is 7.06. The Labute approximate surface area is 70.8 Å². The van der Waals surface area contributed by atoms with E-state index in [0.717, 1.165) is 4.90 Å². The second-order valence-electron chi connectivity index (χ2n) is 2.40. The average Bonchev–Trinajstić information content (AvgIpc) is 1.85. The van der Waals surface area contributed by atoms with Crippen molar-refractivity contribution in [2.24, 2.45) is 0 Å². The first-order valence-electron chi connectivity index (χ1n) is 3.55. The number of nitrogens with zero attached hydrogens (tertiary/aromatic N) is 2. The number of carbonyl (C=O) groups excluding carboxylic acids is 1. The van der Waals surface area contributed by atoms with Gasteiger partial charge >= 0.3 is 0 Å². The standard InChI is InChI=1S/C7H12N2O3/c1-5(10)9(6(2)11)7(12)3-4-8/h5-6,10-11H,3H2,1-2H3. The number of aliphatic hydroxyl groups excluding tert-OH is 2. The Kier molecular flexibility index (Phi) is 4.26. The number of amides is 1. The van der Waals surface area contributed by atoms with Crippen LogP contribution in [0.25, 0.3) is 0 Å². The molecule has 0 radical (unpaired) electrons. The largest absolute Gasteiger partial charge is 0.374 e. The maximum atomic E-state index is 11.0. The highest BCUT2D eigenvalue weighted by atomic mass is 16.3. The van der Waals surface area contributed by atoms with Crippen LogP contribution < -0.4 is 0 Å². The van der Waals surface area contributed by atoms with Crippen molar-refractivity contribution in [1.29, 1.82) is 5.26 Å². The summed E-state index contributed by atoms with van der Waals surface area (Å²) in [5.41, 5.74) is 0. The molecule has 5 heteroatoms. The summed E-state index contributed by atoms with van der Waals surface area (Å²) in [6, 6.07) is 1.64. The lowest BCUT2D eigenvalue weighted by atomic mass is 10.3. The Morgan fingerprint density at radius 2 is 1.92 bits per heavy atom. The van der Waals surface area contributed by atoms with E-state index in [-0.39, 0.29) is 6.42 Å². The summed E-state index contributed by atoms with van der Waals surface area (Å²) in [4.78, 5) is 11.8. The van der Waals surface area contributed by atoms with E-state index in [1.165, 1.54) is 13.8 Å². The third-order valence-electron chi connectivity index (χ3n) is 1.32. The maximum Gasteiger partial charge on any atom is 0.240 e. The third-order valence-corrected chi connectivity index (χ3v) is 1.32. The minimum absolute atomic E-state index is 0.337. The molecule has 2 N–H and O–H groups in total. The molecule has 0 saturated heterocycles. The zero-order valence-electron chi connectivity index (χ0n) is 7.06. The molecule has 0 aliphatic carbocycles. The molecule has 0 aromatic heterocycles. The lowest BCUT2D eigenvalue weighted by molar-refractivity contribution is -0.154. The summed E-state index contributed by atoms with van der Waals surface area (Å²) in [5.74, 6) is -0.581. The summed E-state index contributed by atoms with van der Waals surface area (Å²) in [6.45, 7) is 2.70. The van der Waals surface area contributed by atoms with Crippen LogP contribution in [0.1, 0.15) is 20.3 Å². The van der Waals surface area contributed by atoms with E-state index in [1.807, 2.05) is 0 Å². The predicted octanol–water partition coefficient (Wildman–Crippen LogP) is -0.595. The van der Waals surface area contributed by atoms with Gasteiger partial charge in [-0.25, -0.2) is 0 Å². The smallest absolute Gasteiger partial charge is 0.240 e. The Morgan fingerprint density at radius 3 is 2.17 bits per heavy atom. The van der Waals surface area contributed by atoms with E-state index in [2.05, 4.69) is 0 Å². The van der Waals surface area contributed by atoms with Crippen molar-refractivity contribution in [3.05, 3.63) is 0 Å². The van der Waals surface area contributed by atoms with Gasteiger partial charge in [0, 0.05) is 0 Å². The maximum absolute atomic E-state index is 11.0. The van der Waals surface area contributed by atoms with Crippen LogP contribution in [0.5, 0.6) is 0 Å². The van der Waals surface area contributed by atoms with Crippen LogP contribution in [0.2, 0.25) is 0 Å². The summed E-state index contributed by atoms with van der Waals surface area (Å²) in [5, 5.41) is 26.2. The van der Waals surface area contributed by atoms with Crippen molar-refractivity contribution < 1.29 is 15.0 Å². The minimum atomic E-state index is -1.08. The second-order valence-corrected chi connectivity index (χ2v) is 2.40. The molecule has 0 rings (SSSR count). The quantitative estimate of drug-likeness (QED) is 0.557. The summed E-state index contributed by atoms with van der Waals surface area (Å²) in [7, 11) is 0. The van der Waals surface area contributed by atoms with Crippen molar-refractivity contribution in [2.75, 3.05) is 0 Å². The topological polar surface area (TPSA) is 84.6 Å². The highest BCUT2D eigenvalue weighted by Crippen LogP contribution is 2.03. The average molecular weight is 172 g/mol. The van der Waals surface area contributed by atoms with Crippen molar-refractivity contribution in [3.8, 4) is 6.07 Å². The van der Waals surface area contributed by atoms with Crippen molar-refractivity contribution in [3.63, 3.8) is 0 Å². The van der Waals surface area contributed by atoms with Crippen LogP contribution in [-0.2, 0) is 4.79 Å². The molecule has 68 valence electrons. The molecule has 0 aliphatic rings. The third kappa shape index (κ3) is 2.86. The van der Waals surface area contributed by atoms with Gasteiger partial charge in [-0.2, -0.15) is 5.26 Å². The lowest BCUT2D eigenvalue weighted by Gasteiger charge is -2.27. The van der Waals surface area contributed by atoms with Gasteiger partial charge in [-0.3, -0.25) is 9.69 Å². The number of hydrogen-bond donors (Lipinski definition) is 2. The molecule has 0 bridgehead atoms. The van der Waals surface area contributed by atoms with Crippen LogP contribution in [0.4, 0.5) is 0 Å².